The molecule has 0 spiro atoms. The molecule has 2 heterocycles. The van der Waals surface area contributed by atoms with Crippen LogP contribution in [0, 0.1) is 18.3 Å². The van der Waals surface area contributed by atoms with E-state index in [0.717, 1.165) is 31.6 Å². The number of nitriles is 1. The lowest BCUT2D eigenvalue weighted by Gasteiger charge is -2.29. The number of nitrogens with zero attached hydrogens (tertiary/aromatic N) is 3. The fourth-order valence-corrected chi connectivity index (χ4v) is 2.48. The van der Waals surface area contributed by atoms with Crippen molar-refractivity contribution in [1.82, 2.24) is 9.88 Å². The summed E-state index contributed by atoms with van der Waals surface area (Å²) in [7, 11) is 0. The Balaban J connectivity index is 2.03. The normalized spacial score (nSPS) is 16.4. The molecule has 2 rings (SSSR count). The lowest BCUT2D eigenvalue weighted by atomic mass is 10.1. The minimum absolute atomic E-state index is 0.103. The third-order valence-electron chi connectivity index (χ3n) is 3.49. The number of aryl methyl sites for hydroxylation is 1. The first-order valence-electron chi connectivity index (χ1n) is 7.04. The van der Waals surface area contributed by atoms with Gasteiger partial charge in [-0.05, 0) is 45.2 Å². The SMILES string of the molecule is Cc1cc(C#N)cc(NC(C)C(=O)N2CCCCC2)n1. The lowest BCUT2D eigenvalue weighted by molar-refractivity contribution is -0.132. The molecule has 1 aliphatic heterocycles. The van der Waals surface area contributed by atoms with E-state index in [9.17, 15) is 4.79 Å². The molecule has 1 amide bonds. The average molecular weight is 272 g/mol. The number of likely N-dealkylation sites (tertiary alicyclic amines) is 1. The third-order valence-corrected chi connectivity index (χ3v) is 3.49. The van der Waals surface area contributed by atoms with Crippen LogP contribution in [0.25, 0.3) is 0 Å². The number of piperidine rings is 1. The molecule has 1 atom stereocenters. The number of pyridine rings is 1. The Morgan fingerprint density at radius 1 is 1.40 bits per heavy atom. The standard InChI is InChI=1S/C15H20N4O/c1-11-8-13(10-16)9-14(17-11)18-12(2)15(20)19-6-4-3-5-7-19/h8-9,12H,3-7H2,1-2H3,(H,17,18). The summed E-state index contributed by atoms with van der Waals surface area (Å²) in [6, 6.07) is 5.17. The minimum Gasteiger partial charge on any atom is -0.359 e. The lowest BCUT2D eigenvalue weighted by Crippen LogP contribution is -2.44. The fraction of sp³-hybridized carbons (Fsp3) is 0.533. The van der Waals surface area contributed by atoms with Crippen molar-refractivity contribution < 1.29 is 4.79 Å². The second kappa shape index (κ2) is 6.38. The predicted molar refractivity (Wildman–Crippen MR) is 77.2 cm³/mol. The molecule has 0 radical (unpaired) electrons. The summed E-state index contributed by atoms with van der Waals surface area (Å²) in [5, 5.41) is 12.1. The fourth-order valence-electron chi connectivity index (χ4n) is 2.48. The maximum absolute atomic E-state index is 12.3. The molecule has 106 valence electrons. The van der Waals surface area contributed by atoms with Crippen LogP contribution in [0.4, 0.5) is 5.82 Å². The number of nitrogens with one attached hydrogen (secondary N) is 1. The number of carbonyl (C=O) groups is 1. The van der Waals surface area contributed by atoms with Crippen LogP contribution in [0.15, 0.2) is 12.1 Å². The molecule has 0 bridgehead atoms. The number of aromatic nitrogens is 1. The Labute approximate surface area is 119 Å². The van der Waals surface area contributed by atoms with Crippen LogP contribution < -0.4 is 5.32 Å². The summed E-state index contributed by atoms with van der Waals surface area (Å²) in [5.41, 5.74) is 1.32. The first-order chi connectivity index (χ1) is 9.60. The van der Waals surface area contributed by atoms with E-state index < -0.39 is 0 Å². The number of rotatable bonds is 3. The Morgan fingerprint density at radius 2 is 2.10 bits per heavy atom. The van der Waals surface area contributed by atoms with E-state index >= 15 is 0 Å². The van der Waals surface area contributed by atoms with Crippen molar-refractivity contribution in [3.63, 3.8) is 0 Å². The molecule has 20 heavy (non-hydrogen) atoms. The number of hydrogen-bond acceptors (Lipinski definition) is 4. The van der Waals surface area contributed by atoms with Crippen LogP contribution in [-0.2, 0) is 4.79 Å². The van der Waals surface area contributed by atoms with E-state index in [1.165, 1.54) is 6.42 Å². The molecule has 1 fully saturated rings. The first kappa shape index (κ1) is 14.3. The van der Waals surface area contributed by atoms with Crippen LogP contribution in [0.1, 0.15) is 37.4 Å². The summed E-state index contributed by atoms with van der Waals surface area (Å²) < 4.78 is 0. The van der Waals surface area contributed by atoms with E-state index in [4.69, 9.17) is 5.26 Å². The zero-order valence-electron chi connectivity index (χ0n) is 12.0. The molecule has 0 aliphatic carbocycles. The van der Waals surface area contributed by atoms with Crippen molar-refractivity contribution in [2.45, 2.75) is 39.2 Å². The van der Waals surface area contributed by atoms with Crippen LogP contribution in [0.5, 0.6) is 0 Å². The molecule has 0 saturated carbocycles. The van der Waals surface area contributed by atoms with E-state index in [1.807, 2.05) is 18.7 Å². The molecular formula is C15H20N4O. The van der Waals surface area contributed by atoms with Gasteiger partial charge in [0.15, 0.2) is 0 Å². The second-order valence-electron chi connectivity index (χ2n) is 5.25. The van der Waals surface area contributed by atoms with E-state index in [1.54, 1.807) is 12.1 Å². The number of carbonyl (C=O) groups excluding carboxylic acids is 1. The van der Waals surface area contributed by atoms with Gasteiger partial charge in [-0.2, -0.15) is 5.26 Å². The van der Waals surface area contributed by atoms with Gasteiger partial charge in [-0.3, -0.25) is 4.79 Å². The van der Waals surface area contributed by atoms with Crippen LogP contribution in [0.3, 0.4) is 0 Å². The molecular weight excluding hydrogens is 252 g/mol. The third kappa shape index (κ3) is 3.47. The molecule has 5 heteroatoms. The van der Waals surface area contributed by atoms with Crippen molar-refractivity contribution in [2.75, 3.05) is 18.4 Å². The molecule has 1 aliphatic rings. The molecule has 1 aromatic heterocycles. The Bertz CT molecular complexity index is 529. The zero-order chi connectivity index (χ0) is 14.5. The molecule has 1 unspecified atom stereocenters. The van der Waals surface area contributed by atoms with Gasteiger partial charge in [0.1, 0.15) is 11.9 Å². The second-order valence-corrected chi connectivity index (χ2v) is 5.25. The number of anilines is 1. The topological polar surface area (TPSA) is 69.0 Å². The maximum atomic E-state index is 12.3. The highest BCUT2D eigenvalue weighted by atomic mass is 16.2. The van der Waals surface area contributed by atoms with Crippen molar-refractivity contribution in [2.24, 2.45) is 0 Å². The van der Waals surface area contributed by atoms with Gasteiger partial charge in [-0.25, -0.2) is 4.98 Å². The van der Waals surface area contributed by atoms with Gasteiger partial charge in [0, 0.05) is 18.8 Å². The molecule has 1 aromatic rings. The summed E-state index contributed by atoms with van der Waals surface area (Å²) in [6.07, 6.45) is 3.37. The smallest absolute Gasteiger partial charge is 0.244 e. The predicted octanol–water partition coefficient (Wildman–Crippen LogP) is 2.07. The van der Waals surface area contributed by atoms with Gasteiger partial charge in [0.2, 0.25) is 5.91 Å². The van der Waals surface area contributed by atoms with Gasteiger partial charge < -0.3 is 10.2 Å². The van der Waals surface area contributed by atoms with Gasteiger partial charge >= 0.3 is 0 Å². The highest BCUT2D eigenvalue weighted by Gasteiger charge is 2.22. The van der Waals surface area contributed by atoms with Crippen molar-refractivity contribution >= 4 is 11.7 Å². The molecule has 1 N–H and O–H groups in total. The Kier molecular flexibility index (Phi) is 4.57. The number of hydrogen-bond donors (Lipinski definition) is 1. The highest BCUT2D eigenvalue weighted by Crippen LogP contribution is 2.14. The van der Waals surface area contributed by atoms with E-state index in [0.29, 0.717) is 11.4 Å². The average Bonchev–Trinajstić information content (AvgIpc) is 2.46. The monoisotopic (exact) mass is 272 g/mol. The van der Waals surface area contributed by atoms with Crippen molar-refractivity contribution in [3.05, 3.63) is 23.4 Å². The van der Waals surface area contributed by atoms with Gasteiger partial charge in [-0.15, -0.1) is 0 Å². The molecule has 1 saturated heterocycles. The largest absolute Gasteiger partial charge is 0.359 e. The highest BCUT2D eigenvalue weighted by molar-refractivity contribution is 5.84. The summed E-state index contributed by atoms with van der Waals surface area (Å²) >= 11 is 0. The maximum Gasteiger partial charge on any atom is 0.244 e. The van der Waals surface area contributed by atoms with Crippen molar-refractivity contribution in [3.8, 4) is 6.07 Å². The summed E-state index contributed by atoms with van der Waals surface area (Å²) in [5.74, 6) is 0.686. The van der Waals surface area contributed by atoms with Gasteiger partial charge in [0.25, 0.3) is 0 Å². The quantitative estimate of drug-likeness (QED) is 0.914. The van der Waals surface area contributed by atoms with Crippen LogP contribution >= 0.6 is 0 Å². The summed E-state index contributed by atoms with van der Waals surface area (Å²) in [4.78, 5) is 18.5. The minimum atomic E-state index is -0.325. The Hall–Kier alpha value is -2.09. The van der Waals surface area contributed by atoms with Crippen LogP contribution in [-0.4, -0.2) is 34.9 Å². The van der Waals surface area contributed by atoms with Crippen LogP contribution in [0.2, 0.25) is 0 Å². The Morgan fingerprint density at radius 3 is 2.75 bits per heavy atom. The van der Waals surface area contributed by atoms with Crippen molar-refractivity contribution in [1.29, 1.82) is 5.26 Å². The molecule has 0 aromatic carbocycles. The number of amides is 1. The zero-order valence-corrected chi connectivity index (χ0v) is 12.0. The van der Waals surface area contributed by atoms with Gasteiger partial charge in [0.05, 0.1) is 11.6 Å². The van der Waals surface area contributed by atoms with Gasteiger partial charge in [-0.1, -0.05) is 0 Å². The summed E-state index contributed by atoms with van der Waals surface area (Å²) in [6.45, 7) is 5.36. The molecule has 5 nitrogen and oxygen atoms in total. The van der Waals surface area contributed by atoms with E-state index in [2.05, 4.69) is 16.4 Å². The first-order valence-corrected chi connectivity index (χ1v) is 7.04. The van der Waals surface area contributed by atoms with E-state index in [-0.39, 0.29) is 11.9 Å².